The summed E-state index contributed by atoms with van der Waals surface area (Å²) in [5.41, 5.74) is 5.48. The summed E-state index contributed by atoms with van der Waals surface area (Å²) in [6, 6.07) is 10.8. The van der Waals surface area contributed by atoms with Crippen LogP contribution in [0.5, 0.6) is 0 Å². The molecule has 2 heterocycles. The molecule has 0 bridgehead atoms. The van der Waals surface area contributed by atoms with Crippen molar-refractivity contribution in [3.05, 3.63) is 65.2 Å². The number of aromatic nitrogens is 4. The van der Waals surface area contributed by atoms with Crippen LogP contribution >= 0.6 is 11.8 Å². The number of nitrogens with zero attached hydrogens (tertiary/aromatic N) is 4. The Labute approximate surface area is 155 Å². The number of hydrogen-bond acceptors (Lipinski definition) is 5. The molecule has 0 aliphatic carbocycles. The molecule has 1 aromatic carbocycles. The van der Waals surface area contributed by atoms with Crippen molar-refractivity contribution in [1.82, 2.24) is 19.4 Å². The lowest BCUT2D eigenvalue weighted by Gasteiger charge is -2.11. The van der Waals surface area contributed by atoms with Crippen molar-refractivity contribution in [2.75, 3.05) is 11.2 Å². The molecule has 0 radical (unpaired) electrons. The van der Waals surface area contributed by atoms with E-state index in [0.717, 1.165) is 5.69 Å². The van der Waals surface area contributed by atoms with Gasteiger partial charge in [-0.2, -0.15) is 0 Å². The second-order valence-electron chi connectivity index (χ2n) is 5.86. The zero-order valence-corrected chi connectivity index (χ0v) is 15.6. The van der Waals surface area contributed by atoms with Gasteiger partial charge in [0.2, 0.25) is 0 Å². The van der Waals surface area contributed by atoms with E-state index in [1.165, 1.54) is 11.8 Å². The van der Waals surface area contributed by atoms with Crippen molar-refractivity contribution in [2.24, 2.45) is 7.05 Å². The van der Waals surface area contributed by atoms with Crippen LogP contribution in [0.15, 0.2) is 47.9 Å². The Kier molecular flexibility index (Phi) is 5.22. The second kappa shape index (κ2) is 7.57. The Bertz CT molecular complexity index is 946. The predicted octanol–water partition coefficient (Wildman–Crippen LogP) is 2.59. The fourth-order valence-corrected chi connectivity index (χ4v) is 3.36. The quantitative estimate of drug-likeness (QED) is 0.533. The van der Waals surface area contributed by atoms with Gasteiger partial charge in [0.25, 0.3) is 5.91 Å². The third-order valence-corrected chi connectivity index (χ3v) is 5.02. The molecule has 3 aromatic rings. The van der Waals surface area contributed by atoms with Gasteiger partial charge < -0.3 is 4.57 Å². The number of hydrogen-bond donors (Lipinski definition) is 1. The molecule has 0 atom stereocenters. The molecule has 3 rings (SSSR count). The highest BCUT2D eigenvalue weighted by molar-refractivity contribution is 7.99. The molecule has 0 fully saturated rings. The van der Waals surface area contributed by atoms with Gasteiger partial charge >= 0.3 is 0 Å². The number of ketones is 1. The van der Waals surface area contributed by atoms with Crippen LogP contribution in [0.1, 0.15) is 32.1 Å². The van der Waals surface area contributed by atoms with Crippen LogP contribution in [0.3, 0.4) is 0 Å². The summed E-state index contributed by atoms with van der Waals surface area (Å²) in [5.74, 6) is 0.00914. The number of Topliss-reactive ketones (excluding diaryl/α,β-unsaturated/α-hetero) is 1. The van der Waals surface area contributed by atoms with E-state index < -0.39 is 0 Å². The maximum absolute atomic E-state index is 12.6. The minimum absolute atomic E-state index is 0.0219. The average Bonchev–Trinajstić information content (AvgIpc) is 3.18. The van der Waals surface area contributed by atoms with Gasteiger partial charge in [-0.25, -0.2) is 0 Å². The first kappa shape index (κ1) is 17.9. The summed E-state index contributed by atoms with van der Waals surface area (Å²) >= 11 is 1.33. The first-order valence-corrected chi connectivity index (χ1v) is 9.01. The Hall–Kier alpha value is -2.87. The monoisotopic (exact) mass is 369 g/mol. The van der Waals surface area contributed by atoms with Gasteiger partial charge in [-0.1, -0.05) is 30.0 Å². The number of rotatable bonds is 6. The molecule has 134 valence electrons. The molecule has 0 aliphatic heterocycles. The molecule has 8 heteroatoms. The first-order valence-electron chi connectivity index (χ1n) is 8.02. The normalized spacial score (nSPS) is 10.7. The number of carbonyl (C=O) groups excluding carboxylic acids is 2. The fourth-order valence-electron chi connectivity index (χ4n) is 2.58. The van der Waals surface area contributed by atoms with Crippen molar-refractivity contribution in [2.45, 2.75) is 19.0 Å². The molecule has 1 amide bonds. The third-order valence-electron chi connectivity index (χ3n) is 3.98. The second-order valence-corrected chi connectivity index (χ2v) is 6.81. The van der Waals surface area contributed by atoms with E-state index in [0.29, 0.717) is 22.0 Å². The van der Waals surface area contributed by atoms with Gasteiger partial charge in [0, 0.05) is 29.6 Å². The number of nitrogens with one attached hydrogen (secondary N) is 1. The van der Waals surface area contributed by atoms with E-state index in [1.807, 2.05) is 39.1 Å². The van der Waals surface area contributed by atoms with Crippen molar-refractivity contribution in [3.63, 3.8) is 0 Å². The van der Waals surface area contributed by atoms with Gasteiger partial charge in [-0.15, -0.1) is 10.2 Å². The summed E-state index contributed by atoms with van der Waals surface area (Å²) in [4.78, 5) is 25.0. The number of aryl methyl sites for hydroxylation is 2. The zero-order valence-electron chi connectivity index (χ0n) is 14.8. The summed E-state index contributed by atoms with van der Waals surface area (Å²) in [5, 5.41) is 8.44. The van der Waals surface area contributed by atoms with E-state index in [-0.39, 0.29) is 17.4 Å². The van der Waals surface area contributed by atoms with Gasteiger partial charge in [0.15, 0.2) is 10.9 Å². The molecule has 0 unspecified atom stereocenters. The summed E-state index contributed by atoms with van der Waals surface area (Å²) in [6.45, 7) is 3.67. The number of benzene rings is 1. The maximum Gasteiger partial charge on any atom is 0.270 e. The van der Waals surface area contributed by atoms with Crippen LogP contribution in [0.25, 0.3) is 0 Å². The van der Waals surface area contributed by atoms with E-state index in [2.05, 4.69) is 15.6 Å². The van der Waals surface area contributed by atoms with Crippen molar-refractivity contribution < 1.29 is 9.59 Å². The van der Waals surface area contributed by atoms with Crippen molar-refractivity contribution >= 4 is 23.5 Å². The molecular formula is C18H19N5O2S. The maximum atomic E-state index is 12.6. The summed E-state index contributed by atoms with van der Waals surface area (Å²) in [7, 11) is 1.83. The minimum Gasteiger partial charge on any atom is -0.312 e. The van der Waals surface area contributed by atoms with Crippen LogP contribution in [0, 0.1) is 13.8 Å². The van der Waals surface area contributed by atoms with Crippen molar-refractivity contribution in [3.8, 4) is 0 Å². The Morgan fingerprint density at radius 1 is 1.19 bits per heavy atom. The molecule has 2 aromatic heterocycles. The Balaban J connectivity index is 1.74. The molecule has 7 nitrogen and oxygen atoms in total. The van der Waals surface area contributed by atoms with E-state index in [9.17, 15) is 9.59 Å². The number of carbonyl (C=O) groups is 2. The third kappa shape index (κ3) is 3.70. The molecular weight excluding hydrogens is 350 g/mol. The molecule has 0 spiro atoms. The van der Waals surface area contributed by atoms with Crippen LogP contribution in [0.2, 0.25) is 0 Å². The average molecular weight is 369 g/mol. The van der Waals surface area contributed by atoms with Gasteiger partial charge in [-0.3, -0.25) is 19.7 Å². The molecule has 1 N–H and O–H groups in total. The van der Waals surface area contributed by atoms with Crippen molar-refractivity contribution in [1.29, 1.82) is 0 Å². The van der Waals surface area contributed by atoms with Gasteiger partial charge in [-0.05, 0) is 32.0 Å². The Morgan fingerprint density at radius 2 is 1.92 bits per heavy atom. The van der Waals surface area contributed by atoms with E-state index in [4.69, 9.17) is 0 Å². The number of thioether (sulfide) groups is 1. The van der Waals surface area contributed by atoms with Crippen LogP contribution < -0.4 is 5.43 Å². The first-order chi connectivity index (χ1) is 12.5. The number of amides is 1. The highest BCUT2D eigenvalue weighted by atomic mass is 32.2. The lowest BCUT2D eigenvalue weighted by atomic mass is 10.2. The summed E-state index contributed by atoms with van der Waals surface area (Å²) in [6.07, 6.45) is 1.60. The fraction of sp³-hybridized carbons (Fsp3) is 0.222. The Morgan fingerprint density at radius 3 is 2.58 bits per heavy atom. The lowest BCUT2D eigenvalue weighted by molar-refractivity contribution is 0.0999. The largest absolute Gasteiger partial charge is 0.312 e. The van der Waals surface area contributed by atoms with E-state index in [1.54, 1.807) is 33.8 Å². The smallest absolute Gasteiger partial charge is 0.270 e. The lowest BCUT2D eigenvalue weighted by Crippen LogP contribution is -2.25. The standard InChI is InChI=1S/C18H19N5O2S/c1-12-9-15(16(24)10-26-18-20-19-11-22(18)3)13(2)23(12)21-17(25)14-7-5-4-6-8-14/h4-9,11H,10H2,1-3H3,(H,21,25). The summed E-state index contributed by atoms with van der Waals surface area (Å²) < 4.78 is 3.41. The van der Waals surface area contributed by atoms with Gasteiger partial charge in [0.05, 0.1) is 5.75 Å². The molecule has 0 aliphatic rings. The topological polar surface area (TPSA) is 81.8 Å². The zero-order chi connectivity index (χ0) is 18.7. The predicted molar refractivity (Wildman–Crippen MR) is 100 cm³/mol. The minimum atomic E-state index is -0.222. The highest BCUT2D eigenvalue weighted by Gasteiger charge is 2.18. The van der Waals surface area contributed by atoms with Gasteiger partial charge in [0.1, 0.15) is 6.33 Å². The molecule has 0 saturated heterocycles. The molecule has 0 saturated carbocycles. The highest BCUT2D eigenvalue weighted by Crippen LogP contribution is 2.20. The van der Waals surface area contributed by atoms with Crippen LogP contribution in [0.4, 0.5) is 0 Å². The molecule has 26 heavy (non-hydrogen) atoms. The van der Waals surface area contributed by atoms with Crippen LogP contribution in [-0.2, 0) is 7.05 Å². The van der Waals surface area contributed by atoms with E-state index >= 15 is 0 Å². The van der Waals surface area contributed by atoms with Crippen LogP contribution in [-0.4, -0.2) is 36.9 Å². The SMILES string of the molecule is Cc1cc(C(=O)CSc2nncn2C)c(C)n1NC(=O)c1ccccc1.